The summed E-state index contributed by atoms with van der Waals surface area (Å²) in [6, 6.07) is 9.20. The van der Waals surface area contributed by atoms with E-state index in [-0.39, 0.29) is 11.9 Å². The van der Waals surface area contributed by atoms with E-state index in [1.165, 1.54) is 0 Å². The maximum absolute atomic E-state index is 12.7. The first-order valence-corrected chi connectivity index (χ1v) is 7.43. The van der Waals surface area contributed by atoms with Gasteiger partial charge in [0, 0.05) is 13.2 Å². The molecule has 1 atom stereocenters. The van der Waals surface area contributed by atoms with Crippen LogP contribution in [0.5, 0.6) is 0 Å². The van der Waals surface area contributed by atoms with Gasteiger partial charge in [-0.2, -0.15) is 5.10 Å². The Bertz CT molecular complexity index is 793. The van der Waals surface area contributed by atoms with Gasteiger partial charge in [0.1, 0.15) is 12.7 Å². The summed E-state index contributed by atoms with van der Waals surface area (Å²) in [5, 5.41) is 14.8. The molecule has 0 unspecified atom stereocenters. The first-order chi connectivity index (χ1) is 11.2. The molecule has 1 aromatic carbocycles. The normalized spacial score (nSPS) is 12.1. The van der Waals surface area contributed by atoms with Crippen molar-refractivity contribution >= 4 is 5.91 Å². The zero-order valence-corrected chi connectivity index (χ0v) is 13.0. The monoisotopic (exact) mass is 310 g/mol. The second-order valence-corrected chi connectivity index (χ2v) is 5.20. The van der Waals surface area contributed by atoms with Crippen molar-refractivity contribution in [1.29, 1.82) is 0 Å². The standard InChI is InChI=1S/C16H18N6O/c1-3-13(15-8-9-19-21(15)2)20-16(23)12-6-4-5-7-14(12)22-10-17-18-11-22/h4-11,13H,3H2,1-2H3,(H,20,23)/t13-/m1/s1. The van der Waals surface area contributed by atoms with Gasteiger partial charge in [0.15, 0.2) is 0 Å². The average Bonchev–Trinajstić information content (AvgIpc) is 3.24. The summed E-state index contributed by atoms with van der Waals surface area (Å²) in [7, 11) is 1.87. The van der Waals surface area contributed by atoms with Crippen molar-refractivity contribution < 1.29 is 4.79 Å². The quantitative estimate of drug-likeness (QED) is 0.780. The van der Waals surface area contributed by atoms with Crippen LogP contribution in [0.4, 0.5) is 0 Å². The second kappa shape index (κ2) is 6.43. The predicted octanol–water partition coefficient (Wildman–Crippen LogP) is 1.88. The minimum absolute atomic E-state index is 0.0935. The Hall–Kier alpha value is -2.96. The van der Waals surface area contributed by atoms with Crippen molar-refractivity contribution in [3.05, 3.63) is 60.4 Å². The molecule has 1 amide bonds. The third kappa shape index (κ3) is 2.98. The summed E-state index contributed by atoms with van der Waals surface area (Å²) >= 11 is 0. The number of hydrogen-bond acceptors (Lipinski definition) is 4. The Morgan fingerprint density at radius 2 is 1.96 bits per heavy atom. The number of nitrogens with one attached hydrogen (secondary N) is 1. The van der Waals surface area contributed by atoms with Crippen LogP contribution in [-0.4, -0.2) is 30.5 Å². The van der Waals surface area contributed by atoms with Crippen molar-refractivity contribution in [3.8, 4) is 5.69 Å². The molecule has 2 aromatic heterocycles. The maximum atomic E-state index is 12.7. The van der Waals surface area contributed by atoms with Gasteiger partial charge in [-0.1, -0.05) is 19.1 Å². The van der Waals surface area contributed by atoms with Crippen LogP contribution in [0.3, 0.4) is 0 Å². The fourth-order valence-corrected chi connectivity index (χ4v) is 2.56. The topological polar surface area (TPSA) is 77.6 Å². The van der Waals surface area contributed by atoms with Crippen molar-refractivity contribution in [1.82, 2.24) is 29.9 Å². The Labute approximate surface area is 134 Å². The van der Waals surface area contributed by atoms with Crippen LogP contribution in [0.15, 0.2) is 49.2 Å². The van der Waals surface area contributed by atoms with Crippen LogP contribution in [0.1, 0.15) is 35.4 Å². The first kappa shape index (κ1) is 15.0. The van der Waals surface area contributed by atoms with Crippen molar-refractivity contribution in [2.24, 2.45) is 7.05 Å². The predicted molar refractivity (Wildman–Crippen MR) is 85.1 cm³/mol. The number of rotatable bonds is 5. The highest BCUT2D eigenvalue weighted by atomic mass is 16.1. The summed E-state index contributed by atoms with van der Waals surface area (Å²) < 4.78 is 3.50. The Morgan fingerprint density at radius 3 is 2.61 bits per heavy atom. The Kier molecular flexibility index (Phi) is 4.18. The van der Waals surface area contributed by atoms with Gasteiger partial charge >= 0.3 is 0 Å². The van der Waals surface area contributed by atoms with Gasteiger partial charge in [0.05, 0.1) is 23.0 Å². The van der Waals surface area contributed by atoms with Crippen LogP contribution in [0.25, 0.3) is 5.69 Å². The molecule has 0 bridgehead atoms. The van der Waals surface area contributed by atoms with Gasteiger partial charge in [-0.15, -0.1) is 10.2 Å². The number of para-hydroxylation sites is 1. The summed E-state index contributed by atoms with van der Waals surface area (Å²) in [4.78, 5) is 12.7. The molecule has 0 aliphatic carbocycles. The number of carbonyl (C=O) groups excluding carboxylic acids is 1. The lowest BCUT2D eigenvalue weighted by atomic mass is 10.1. The van der Waals surface area contributed by atoms with E-state index in [2.05, 4.69) is 20.6 Å². The summed E-state index contributed by atoms with van der Waals surface area (Å²) in [5.74, 6) is -0.137. The zero-order chi connectivity index (χ0) is 16.2. The van der Waals surface area contributed by atoms with E-state index < -0.39 is 0 Å². The molecule has 0 fully saturated rings. The summed E-state index contributed by atoms with van der Waals surface area (Å²) in [5.41, 5.74) is 2.30. The van der Waals surface area contributed by atoms with Crippen molar-refractivity contribution in [2.45, 2.75) is 19.4 Å². The minimum Gasteiger partial charge on any atom is -0.344 e. The van der Waals surface area contributed by atoms with E-state index in [1.54, 1.807) is 34.2 Å². The molecule has 118 valence electrons. The molecule has 23 heavy (non-hydrogen) atoms. The number of hydrogen-bond donors (Lipinski definition) is 1. The lowest BCUT2D eigenvalue weighted by Crippen LogP contribution is -2.30. The van der Waals surface area contributed by atoms with Crippen molar-refractivity contribution in [3.63, 3.8) is 0 Å². The highest BCUT2D eigenvalue weighted by Crippen LogP contribution is 2.18. The van der Waals surface area contributed by atoms with Crippen molar-refractivity contribution in [2.75, 3.05) is 0 Å². The van der Waals surface area contributed by atoms with Gasteiger partial charge in [0.2, 0.25) is 0 Å². The van der Waals surface area contributed by atoms with E-state index in [9.17, 15) is 4.79 Å². The lowest BCUT2D eigenvalue weighted by molar-refractivity contribution is 0.0934. The number of amides is 1. The highest BCUT2D eigenvalue weighted by molar-refractivity contribution is 5.98. The molecule has 0 aliphatic heterocycles. The SMILES string of the molecule is CC[C@@H](NC(=O)c1ccccc1-n1cnnc1)c1ccnn1C. The van der Waals surface area contributed by atoms with E-state index >= 15 is 0 Å². The molecular weight excluding hydrogens is 292 g/mol. The smallest absolute Gasteiger partial charge is 0.253 e. The van der Waals surface area contributed by atoms with Gasteiger partial charge in [-0.05, 0) is 24.6 Å². The molecule has 0 aliphatic rings. The molecule has 0 radical (unpaired) electrons. The summed E-state index contributed by atoms with van der Waals surface area (Å²) in [6.45, 7) is 2.03. The third-order valence-corrected chi connectivity index (χ3v) is 3.78. The Morgan fingerprint density at radius 1 is 1.22 bits per heavy atom. The molecule has 2 heterocycles. The third-order valence-electron chi connectivity index (χ3n) is 3.78. The fraction of sp³-hybridized carbons (Fsp3) is 0.250. The zero-order valence-electron chi connectivity index (χ0n) is 13.0. The fourth-order valence-electron chi connectivity index (χ4n) is 2.56. The highest BCUT2D eigenvalue weighted by Gasteiger charge is 2.19. The van der Waals surface area contributed by atoms with Crippen LogP contribution in [0, 0.1) is 0 Å². The lowest BCUT2D eigenvalue weighted by Gasteiger charge is -2.18. The average molecular weight is 310 g/mol. The molecular formula is C16H18N6O. The first-order valence-electron chi connectivity index (χ1n) is 7.43. The van der Waals surface area contributed by atoms with Crippen LogP contribution < -0.4 is 5.32 Å². The molecule has 0 spiro atoms. The molecule has 0 saturated carbocycles. The molecule has 0 saturated heterocycles. The largest absolute Gasteiger partial charge is 0.344 e. The number of nitrogens with zero attached hydrogens (tertiary/aromatic N) is 5. The van der Waals surface area contributed by atoms with E-state index in [4.69, 9.17) is 0 Å². The molecule has 7 heteroatoms. The molecule has 1 N–H and O–H groups in total. The van der Waals surface area contributed by atoms with Crippen LogP contribution >= 0.6 is 0 Å². The number of aromatic nitrogens is 5. The molecule has 3 aromatic rings. The molecule has 3 rings (SSSR count). The second-order valence-electron chi connectivity index (χ2n) is 5.20. The number of carbonyl (C=O) groups is 1. The van der Waals surface area contributed by atoms with Gasteiger partial charge in [-0.25, -0.2) is 0 Å². The van der Waals surface area contributed by atoms with E-state index in [0.29, 0.717) is 5.56 Å². The molecule has 7 nitrogen and oxygen atoms in total. The number of aryl methyl sites for hydroxylation is 1. The van der Waals surface area contributed by atoms with E-state index in [0.717, 1.165) is 17.8 Å². The van der Waals surface area contributed by atoms with Gasteiger partial charge in [-0.3, -0.25) is 14.0 Å². The number of benzene rings is 1. The van der Waals surface area contributed by atoms with Crippen LogP contribution in [-0.2, 0) is 7.05 Å². The van der Waals surface area contributed by atoms with Crippen LogP contribution in [0.2, 0.25) is 0 Å². The Balaban J connectivity index is 1.88. The van der Waals surface area contributed by atoms with Gasteiger partial charge in [0.25, 0.3) is 5.91 Å². The minimum atomic E-state index is -0.137. The van der Waals surface area contributed by atoms with E-state index in [1.807, 2.05) is 38.2 Å². The maximum Gasteiger partial charge on any atom is 0.253 e. The van der Waals surface area contributed by atoms with Gasteiger partial charge < -0.3 is 5.32 Å². The summed E-state index contributed by atoms with van der Waals surface area (Å²) in [6.07, 6.45) is 5.66.